The minimum Gasteiger partial charge on any atom is -0.372 e. The van der Waals surface area contributed by atoms with Gasteiger partial charge in [-0.2, -0.15) is 5.26 Å². The van der Waals surface area contributed by atoms with E-state index in [0.29, 0.717) is 5.69 Å². The molecule has 1 amide bonds. The minimum absolute atomic E-state index is 0.0602. The second-order valence-corrected chi connectivity index (χ2v) is 8.40. The van der Waals surface area contributed by atoms with Gasteiger partial charge in [0.25, 0.3) is 5.91 Å². The summed E-state index contributed by atoms with van der Waals surface area (Å²) in [7, 11) is 0. The smallest absolute Gasteiger partial charge is 0.266 e. The summed E-state index contributed by atoms with van der Waals surface area (Å²) >= 11 is 3.37. The van der Waals surface area contributed by atoms with E-state index in [0.717, 1.165) is 40.2 Å². The van der Waals surface area contributed by atoms with E-state index in [-0.39, 0.29) is 5.57 Å². The van der Waals surface area contributed by atoms with Gasteiger partial charge < -0.3 is 14.8 Å². The van der Waals surface area contributed by atoms with Gasteiger partial charge in [0.15, 0.2) is 0 Å². The predicted molar refractivity (Wildman–Crippen MR) is 135 cm³/mol. The first-order valence-electron chi connectivity index (χ1n) is 10.6. The van der Waals surface area contributed by atoms with Gasteiger partial charge >= 0.3 is 0 Å². The van der Waals surface area contributed by atoms with E-state index in [1.54, 1.807) is 18.2 Å². The highest BCUT2D eigenvalue weighted by molar-refractivity contribution is 9.10. The summed E-state index contributed by atoms with van der Waals surface area (Å²) in [6.07, 6.45) is 1.65. The summed E-state index contributed by atoms with van der Waals surface area (Å²) in [4.78, 5) is 14.9. The lowest BCUT2D eigenvalue weighted by Crippen LogP contribution is -2.21. The SMILES string of the molecule is CCN(CC)c1ccc(-n2c(C)cc(/C=C(/C#N)C(=O)Nc3ccc(Br)cc3)c2C)cc1. The topological polar surface area (TPSA) is 61.1 Å². The molecule has 0 radical (unpaired) electrons. The second kappa shape index (κ2) is 10.3. The van der Waals surface area contributed by atoms with Crippen LogP contribution in [-0.2, 0) is 4.79 Å². The third-order valence-electron chi connectivity index (χ3n) is 5.47. The Balaban J connectivity index is 1.88. The van der Waals surface area contributed by atoms with Gasteiger partial charge in [-0.25, -0.2) is 0 Å². The number of halogens is 1. The van der Waals surface area contributed by atoms with Crippen molar-refractivity contribution in [3.8, 4) is 11.8 Å². The highest BCUT2D eigenvalue weighted by Crippen LogP contribution is 2.25. The lowest BCUT2D eigenvalue weighted by atomic mass is 10.1. The summed E-state index contributed by atoms with van der Waals surface area (Å²) in [5.41, 5.74) is 5.80. The van der Waals surface area contributed by atoms with E-state index < -0.39 is 5.91 Å². The van der Waals surface area contributed by atoms with Crippen LogP contribution in [0.3, 0.4) is 0 Å². The van der Waals surface area contributed by atoms with Crippen molar-refractivity contribution in [3.05, 3.63) is 81.6 Å². The fourth-order valence-electron chi connectivity index (χ4n) is 3.77. The van der Waals surface area contributed by atoms with Crippen LogP contribution in [0, 0.1) is 25.2 Å². The Morgan fingerprint density at radius 3 is 2.28 bits per heavy atom. The van der Waals surface area contributed by atoms with Crippen molar-refractivity contribution >= 4 is 39.3 Å². The molecule has 1 aromatic heterocycles. The molecule has 5 nitrogen and oxygen atoms in total. The van der Waals surface area contributed by atoms with Crippen LogP contribution in [0.2, 0.25) is 0 Å². The number of nitrogens with one attached hydrogen (secondary N) is 1. The molecule has 164 valence electrons. The van der Waals surface area contributed by atoms with Crippen molar-refractivity contribution in [2.75, 3.05) is 23.3 Å². The molecule has 3 aromatic rings. The molecule has 0 aliphatic carbocycles. The van der Waals surface area contributed by atoms with Crippen molar-refractivity contribution in [2.24, 2.45) is 0 Å². The molecule has 0 saturated heterocycles. The Morgan fingerprint density at radius 1 is 1.09 bits per heavy atom. The molecule has 0 aliphatic rings. The molecule has 32 heavy (non-hydrogen) atoms. The first-order chi connectivity index (χ1) is 15.4. The van der Waals surface area contributed by atoms with Gasteiger partial charge in [-0.3, -0.25) is 4.79 Å². The molecule has 0 saturated carbocycles. The number of anilines is 2. The van der Waals surface area contributed by atoms with Crippen molar-refractivity contribution < 1.29 is 4.79 Å². The van der Waals surface area contributed by atoms with Gasteiger partial charge in [-0.05, 0) is 93.9 Å². The first-order valence-corrected chi connectivity index (χ1v) is 11.4. The van der Waals surface area contributed by atoms with Crippen molar-refractivity contribution in [2.45, 2.75) is 27.7 Å². The Bertz CT molecular complexity index is 1160. The highest BCUT2D eigenvalue weighted by Gasteiger charge is 2.14. The Morgan fingerprint density at radius 2 is 1.72 bits per heavy atom. The predicted octanol–water partition coefficient (Wildman–Crippen LogP) is 6.25. The molecular weight excluding hydrogens is 464 g/mol. The van der Waals surface area contributed by atoms with E-state index in [2.05, 4.69) is 68.8 Å². The zero-order valence-electron chi connectivity index (χ0n) is 18.8. The molecule has 1 N–H and O–H groups in total. The number of carbonyl (C=O) groups is 1. The highest BCUT2D eigenvalue weighted by atomic mass is 79.9. The van der Waals surface area contributed by atoms with Crippen LogP contribution in [0.25, 0.3) is 11.8 Å². The summed E-state index contributed by atoms with van der Waals surface area (Å²) in [6.45, 7) is 10.2. The number of rotatable bonds is 7. The molecule has 0 spiro atoms. The van der Waals surface area contributed by atoms with Gasteiger partial charge in [0, 0.05) is 46.0 Å². The maximum Gasteiger partial charge on any atom is 0.266 e. The number of aromatic nitrogens is 1. The summed E-state index contributed by atoms with van der Waals surface area (Å²) in [5.74, 6) is -0.428. The van der Waals surface area contributed by atoms with Crippen LogP contribution in [0.1, 0.15) is 30.8 Å². The number of nitrogens with zero attached hydrogens (tertiary/aromatic N) is 3. The molecule has 0 atom stereocenters. The molecule has 0 fully saturated rings. The van der Waals surface area contributed by atoms with Crippen molar-refractivity contribution in [1.82, 2.24) is 4.57 Å². The monoisotopic (exact) mass is 490 g/mol. The molecule has 0 unspecified atom stereocenters. The molecule has 2 aromatic carbocycles. The Labute approximate surface area is 198 Å². The fraction of sp³-hybridized carbons (Fsp3) is 0.231. The maximum absolute atomic E-state index is 12.6. The molecule has 1 heterocycles. The van der Waals surface area contributed by atoms with Crippen molar-refractivity contribution in [3.63, 3.8) is 0 Å². The minimum atomic E-state index is -0.428. The van der Waals surface area contributed by atoms with Crippen LogP contribution in [-0.4, -0.2) is 23.6 Å². The van der Waals surface area contributed by atoms with E-state index in [4.69, 9.17) is 0 Å². The molecular formula is C26H27BrN4O. The summed E-state index contributed by atoms with van der Waals surface area (Å²) in [6, 6.07) is 19.7. The summed E-state index contributed by atoms with van der Waals surface area (Å²) < 4.78 is 3.06. The van der Waals surface area contributed by atoms with Crippen LogP contribution in [0.15, 0.2) is 64.6 Å². The van der Waals surface area contributed by atoms with Crippen LogP contribution in [0.5, 0.6) is 0 Å². The molecule has 0 bridgehead atoms. The number of nitriles is 1. The zero-order valence-corrected chi connectivity index (χ0v) is 20.4. The van der Waals surface area contributed by atoms with Gasteiger partial charge in [0.05, 0.1) is 0 Å². The fourth-order valence-corrected chi connectivity index (χ4v) is 4.03. The van der Waals surface area contributed by atoms with E-state index in [9.17, 15) is 10.1 Å². The average Bonchev–Trinajstić information content (AvgIpc) is 3.07. The van der Waals surface area contributed by atoms with Crippen LogP contribution >= 0.6 is 15.9 Å². The molecule has 6 heteroatoms. The quantitative estimate of drug-likeness (QED) is 0.314. The Kier molecular flexibility index (Phi) is 7.55. The largest absolute Gasteiger partial charge is 0.372 e. The van der Waals surface area contributed by atoms with Crippen LogP contribution < -0.4 is 10.2 Å². The van der Waals surface area contributed by atoms with E-state index >= 15 is 0 Å². The Hall–Kier alpha value is -3.30. The lowest BCUT2D eigenvalue weighted by molar-refractivity contribution is -0.112. The standard InChI is InChI=1S/C26H27BrN4O/c1-5-30(6-2)24-11-13-25(14-12-24)31-18(3)15-20(19(31)4)16-21(17-28)26(32)29-23-9-7-22(27)8-10-23/h7-16H,5-6H2,1-4H3,(H,29,32)/b21-16-. The second-order valence-electron chi connectivity index (χ2n) is 7.48. The van der Waals surface area contributed by atoms with Gasteiger partial charge in [-0.15, -0.1) is 0 Å². The number of aryl methyl sites for hydroxylation is 1. The van der Waals surface area contributed by atoms with Gasteiger partial charge in [-0.1, -0.05) is 15.9 Å². The zero-order chi connectivity index (χ0) is 23.3. The van der Waals surface area contributed by atoms with Crippen LogP contribution in [0.4, 0.5) is 11.4 Å². The number of hydrogen-bond donors (Lipinski definition) is 1. The number of benzene rings is 2. The first kappa shape index (κ1) is 23.4. The maximum atomic E-state index is 12.6. The number of amides is 1. The van der Waals surface area contributed by atoms with Gasteiger partial charge in [0.2, 0.25) is 0 Å². The lowest BCUT2D eigenvalue weighted by Gasteiger charge is -2.21. The number of hydrogen-bond acceptors (Lipinski definition) is 3. The van der Waals surface area contributed by atoms with Gasteiger partial charge in [0.1, 0.15) is 11.6 Å². The third-order valence-corrected chi connectivity index (χ3v) is 6.00. The van der Waals surface area contributed by atoms with Crippen molar-refractivity contribution in [1.29, 1.82) is 5.26 Å². The summed E-state index contributed by atoms with van der Waals surface area (Å²) in [5, 5.41) is 12.4. The number of carbonyl (C=O) groups excluding carboxylic acids is 1. The third kappa shape index (κ3) is 5.12. The molecule has 3 rings (SSSR count). The molecule has 0 aliphatic heterocycles. The van der Waals surface area contributed by atoms with E-state index in [1.165, 1.54) is 5.69 Å². The van der Waals surface area contributed by atoms with E-state index in [1.807, 2.05) is 38.1 Å². The normalized spacial score (nSPS) is 11.2. The average molecular weight is 491 g/mol.